The van der Waals surface area contributed by atoms with Crippen molar-refractivity contribution in [3.63, 3.8) is 0 Å². The number of carbonyl (C=O) groups is 1. The van der Waals surface area contributed by atoms with Crippen LogP contribution in [0.5, 0.6) is 0 Å². The molecule has 1 N–H and O–H groups in total. The number of likely N-dealkylation sites (N-methyl/N-ethyl adjacent to an activating group) is 1. The van der Waals surface area contributed by atoms with Gasteiger partial charge in [-0.25, -0.2) is 4.98 Å². The van der Waals surface area contributed by atoms with Crippen molar-refractivity contribution >= 4 is 16.9 Å². The highest BCUT2D eigenvalue weighted by molar-refractivity contribution is 5.78. The number of hydrogen-bond donors (Lipinski definition) is 1. The molecule has 122 valence electrons. The third kappa shape index (κ3) is 4.46. The Morgan fingerprint density at radius 1 is 1.39 bits per heavy atom. The van der Waals surface area contributed by atoms with Crippen LogP contribution in [-0.4, -0.2) is 53.6 Å². The van der Waals surface area contributed by atoms with Crippen molar-refractivity contribution in [2.45, 2.75) is 25.5 Å². The molecule has 2 heterocycles. The van der Waals surface area contributed by atoms with Crippen LogP contribution in [0.4, 0.5) is 0 Å². The fraction of sp³-hybridized carbons (Fsp3) is 0.471. The lowest BCUT2D eigenvalue weighted by Crippen LogP contribution is -2.38. The lowest BCUT2D eigenvalue weighted by molar-refractivity contribution is -0.122. The molecule has 0 saturated carbocycles. The summed E-state index contributed by atoms with van der Waals surface area (Å²) in [5.74, 6) is 0.0109. The van der Waals surface area contributed by atoms with Crippen molar-refractivity contribution in [1.29, 1.82) is 0 Å². The summed E-state index contributed by atoms with van der Waals surface area (Å²) in [4.78, 5) is 22.9. The van der Waals surface area contributed by atoms with E-state index in [-0.39, 0.29) is 12.0 Å². The van der Waals surface area contributed by atoms with E-state index >= 15 is 0 Å². The zero-order chi connectivity index (χ0) is 16.1. The minimum absolute atomic E-state index is 0.0109. The number of rotatable bonds is 6. The van der Waals surface area contributed by atoms with Gasteiger partial charge in [0.2, 0.25) is 5.91 Å². The van der Waals surface area contributed by atoms with Gasteiger partial charge in [-0.2, -0.15) is 0 Å². The predicted molar refractivity (Wildman–Crippen MR) is 87.9 cm³/mol. The molecule has 1 aromatic carbocycles. The molecule has 1 saturated heterocycles. The van der Waals surface area contributed by atoms with Gasteiger partial charge in [-0.05, 0) is 32.0 Å². The molecule has 1 amide bonds. The van der Waals surface area contributed by atoms with Crippen molar-refractivity contribution in [1.82, 2.24) is 20.2 Å². The quantitative estimate of drug-likeness (QED) is 0.872. The Balaban J connectivity index is 1.49. The number of fused-ring (bicyclic) bond motifs is 1. The number of nitrogens with one attached hydrogen (secondary N) is 1. The summed E-state index contributed by atoms with van der Waals surface area (Å²) >= 11 is 0. The molecule has 0 bridgehead atoms. The Labute approximate surface area is 135 Å². The molecule has 0 spiro atoms. The molecule has 0 unspecified atom stereocenters. The minimum atomic E-state index is 0.0109. The predicted octanol–water partition coefficient (Wildman–Crippen LogP) is 1.36. The van der Waals surface area contributed by atoms with Crippen LogP contribution >= 0.6 is 0 Å². The van der Waals surface area contributed by atoms with Gasteiger partial charge in [-0.15, -0.1) is 0 Å². The third-order valence-electron chi connectivity index (χ3n) is 3.89. The van der Waals surface area contributed by atoms with Crippen LogP contribution < -0.4 is 5.32 Å². The number of hydrogen-bond acceptors (Lipinski definition) is 5. The largest absolute Gasteiger partial charge is 0.376 e. The van der Waals surface area contributed by atoms with Crippen LogP contribution in [0.15, 0.2) is 30.5 Å². The summed E-state index contributed by atoms with van der Waals surface area (Å²) < 4.78 is 5.50. The average molecular weight is 314 g/mol. The molecule has 23 heavy (non-hydrogen) atoms. The third-order valence-corrected chi connectivity index (χ3v) is 3.89. The van der Waals surface area contributed by atoms with Crippen LogP contribution in [0.1, 0.15) is 18.5 Å². The van der Waals surface area contributed by atoms with Gasteiger partial charge in [-0.3, -0.25) is 14.7 Å². The molecule has 2 aromatic rings. The Kier molecular flexibility index (Phi) is 5.15. The highest BCUT2D eigenvalue weighted by Crippen LogP contribution is 2.11. The van der Waals surface area contributed by atoms with Crippen molar-refractivity contribution in [2.75, 3.05) is 26.7 Å². The fourth-order valence-electron chi connectivity index (χ4n) is 2.74. The maximum atomic E-state index is 12.0. The van der Waals surface area contributed by atoms with E-state index in [1.165, 1.54) is 0 Å². The first kappa shape index (κ1) is 15.8. The van der Waals surface area contributed by atoms with E-state index in [2.05, 4.69) is 15.3 Å². The highest BCUT2D eigenvalue weighted by atomic mass is 16.5. The molecule has 1 fully saturated rings. The minimum Gasteiger partial charge on any atom is -0.376 e. The summed E-state index contributed by atoms with van der Waals surface area (Å²) in [5, 5.41) is 2.93. The van der Waals surface area contributed by atoms with Gasteiger partial charge in [0.05, 0.1) is 35.6 Å². The maximum Gasteiger partial charge on any atom is 0.234 e. The van der Waals surface area contributed by atoms with Crippen LogP contribution in [0.3, 0.4) is 0 Å². The average Bonchev–Trinajstić information content (AvgIpc) is 3.06. The highest BCUT2D eigenvalue weighted by Gasteiger charge is 2.16. The van der Waals surface area contributed by atoms with Gasteiger partial charge in [0.1, 0.15) is 0 Å². The number of nitrogens with zero attached hydrogens (tertiary/aromatic N) is 3. The lowest BCUT2D eigenvalue weighted by atomic mass is 10.2. The molecule has 1 aliphatic rings. The summed E-state index contributed by atoms with van der Waals surface area (Å²) in [5.41, 5.74) is 2.62. The van der Waals surface area contributed by atoms with Gasteiger partial charge >= 0.3 is 0 Å². The zero-order valence-electron chi connectivity index (χ0n) is 13.4. The molecule has 0 aliphatic carbocycles. The second-order valence-corrected chi connectivity index (χ2v) is 5.96. The SMILES string of the molecule is CN(CC(=O)NC[C@@H]1CCCO1)Cc1cnc2ccccc2n1. The van der Waals surface area contributed by atoms with E-state index in [1.807, 2.05) is 36.2 Å². The molecule has 0 radical (unpaired) electrons. The van der Waals surface area contributed by atoms with Crippen molar-refractivity contribution in [3.05, 3.63) is 36.2 Å². The van der Waals surface area contributed by atoms with E-state index in [1.54, 1.807) is 6.20 Å². The van der Waals surface area contributed by atoms with Crippen molar-refractivity contribution in [3.8, 4) is 0 Å². The van der Waals surface area contributed by atoms with Gasteiger partial charge in [0.25, 0.3) is 0 Å². The summed E-state index contributed by atoms with van der Waals surface area (Å²) in [6.45, 7) is 2.33. The second kappa shape index (κ2) is 7.48. The van der Waals surface area contributed by atoms with Gasteiger partial charge < -0.3 is 10.1 Å². The Bertz CT molecular complexity index is 670. The van der Waals surface area contributed by atoms with Gasteiger partial charge in [0, 0.05) is 19.7 Å². The zero-order valence-corrected chi connectivity index (χ0v) is 13.4. The summed E-state index contributed by atoms with van der Waals surface area (Å²) in [6.07, 6.45) is 4.06. The topological polar surface area (TPSA) is 67.4 Å². The Morgan fingerprint density at radius 2 is 2.22 bits per heavy atom. The standard InChI is InChI=1S/C17H22N4O2/c1-21(12-17(22)19-10-14-5-4-8-23-14)11-13-9-18-15-6-2-3-7-16(15)20-13/h2-3,6-7,9,14H,4-5,8,10-12H2,1H3,(H,19,22)/t14-/m0/s1. The summed E-state index contributed by atoms with van der Waals surface area (Å²) in [6, 6.07) is 7.78. The van der Waals surface area contributed by atoms with Crippen LogP contribution in [0.2, 0.25) is 0 Å². The fourth-order valence-corrected chi connectivity index (χ4v) is 2.74. The molecule has 1 aliphatic heterocycles. The number of aromatic nitrogens is 2. The first-order valence-electron chi connectivity index (χ1n) is 7.98. The molecule has 1 atom stereocenters. The lowest BCUT2D eigenvalue weighted by Gasteiger charge is -2.17. The van der Waals surface area contributed by atoms with E-state index < -0.39 is 0 Å². The molecule has 6 nitrogen and oxygen atoms in total. The molecule has 6 heteroatoms. The van der Waals surface area contributed by atoms with E-state index in [4.69, 9.17) is 4.74 Å². The van der Waals surface area contributed by atoms with Gasteiger partial charge in [0.15, 0.2) is 0 Å². The number of ether oxygens (including phenoxy) is 1. The maximum absolute atomic E-state index is 12.0. The van der Waals surface area contributed by atoms with E-state index in [9.17, 15) is 4.79 Å². The first-order valence-corrected chi connectivity index (χ1v) is 7.98. The van der Waals surface area contributed by atoms with E-state index in [0.717, 1.165) is 36.2 Å². The number of amides is 1. The van der Waals surface area contributed by atoms with Crippen molar-refractivity contribution < 1.29 is 9.53 Å². The Morgan fingerprint density at radius 3 is 3.00 bits per heavy atom. The number of para-hydroxylation sites is 2. The molecular formula is C17H22N4O2. The number of carbonyl (C=O) groups excluding carboxylic acids is 1. The first-order chi connectivity index (χ1) is 11.2. The van der Waals surface area contributed by atoms with Gasteiger partial charge in [-0.1, -0.05) is 12.1 Å². The molecule has 3 rings (SSSR count). The molecule has 1 aromatic heterocycles. The monoisotopic (exact) mass is 314 g/mol. The van der Waals surface area contributed by atoms with E-state index in [0.29, 0.717) is 19.6 Å². The number of benzene rings is 1. The normalized spacial score (nSPS) is 17.7. The van der Waals surface area contributed by atoms with Crippen LogP contribution in [0.25, 0.3) is 11.0 Å². The van der Waals surface area contributed by atoms with Crippen LogP contribution in [0, 0.1) is 0 Å². The van der Waals surface area contributed by atoms with Crippen molar-refractivity contribution in [2.24, 2.45) is 0 Å². The van der Waals surface area contributed by atoms with Crippen LogP contribution in [-0.2, 0) is 16.1 Å². The summed E-state index contributed by atoms with van der Waals surface area (Å²) in [7, 11) is 1.91. The second-order valence-electron chi connectivity index (χ2n) is 5.96. The molecular weight excluding hydrogens is 292 g/mol. The Hall–Kier alpha value is -2.05. The smallest absolute Gasteiger partial charge is 0.234 e.